The van der Waals surface area contributed by atoms with Gasteiger partial charge < -0.3 is 16.2 Å². The van der Waals surface area contributed by atoms with Crippen LogP contribution in [0.3, 0.4) is 0 Å². The smallest absolute Gasteiger partial charge is 0.241 e. The zero-order valence-corrected chi connectivity index (χ0v) is 12.9. The maximum atomic E-state index is 12.2. The summed E-state index contributed by atoms with van der Waals surface area (Å²) in [6.45, 7) is 3.69. The molecule has 1 aromatic carbocycles. The predicted molar refractivity (Wildman–Crippen MR) is 87.2 cm³/mol. The van der Waals surface area contributed by atoms with Gasteiger partial charge in [-0.3, -0.25) is 9.69 Å². The fourth-order valence-corrected chi connectivity index (χ4v) is 2.63. The van der Waals surface area contributed by atoms with Gasteiger partial charge in [0.15, 0.2) is 0 Å². The number of benzene rings is 1. The number of aliphatic hydroxyl groups excluding tert-OH is 1. The van der Waals surface area contributed by atoms with Crippen molar-refractivity contribution in [3.05, 3.63) is 29.8 Å². The summed E-state index contributed by atoms with van der Waals surface area (Å²) >= 11 is 4.89. The van der Waals surface area contributed by atoms with Crippen molar-refractivity contribution in [1.82, 2.24) is 4.90 Å². The zero-order chi connectivity index (χ0) is 15.4. The molecule has 0 radical (unpaired) electrons. The summed E-state index contributed by atoms with van der Waals surface area (Å²) in [6.07, 6.45) is 0.941. The normalized spacial score (nSPS) is 20.2. The second-order valence-corrected chi connectivity index (χ2v) is 5.88. The molecule has 0 aromatic heterocycles. The number of hydrogen-bond acceptors (Lipinski definition) is 4. The van der Waals surface area contributed by atoms with Crippen molar-refractivity contribution in [2.75, 3.05) is 25.0 Å². The summed E-state index contributed by atoms with van der Waals surface area (Å²) in [5.74, 6) is 0.238. The van der Waals surface area contributed by atoms with Crippen molar-refractivity contribution in [3.8, 4) is 0 Å². The number of thiocarbonyl (C=S) groups is 1. The number of aliphatic hydroxyl groups is 1. The molecule has 1 aliphatic rings. The van der Waals surface area contributed by atoms with E-state index in [1.807, 2.05) is 6.92 Å². The first-order valence-corrected chi connectivity index (χ1v) is 7.47. The maximum Gasteiger partial charge on any atom is 0.241 e. The molecule has 1 aromatic rings. The van der Waals surface area contributed by atoms with Crippen LogP contribution in [-0.4, -0.2) is 46.6 Å². The maximum absolute atomic E-state index is 12.2. The van der Waals surface area contributed by atoms with Crippen molar-refractivity contribution < 1.29 is 9.90 Å². The molecule has 1 aliphatic heterocycles. The fraction of sp³-hybridized carbons (Fsp3) is 0.467. The molecule has 4 N–H and O–H groups in total. The number of amides is 1. The molecule has 0 saturated carbocycles. The first-order chi connectivity index (χ1) is 10.0. The summed E-state index contributed by atoms with van der Waals surface area (Å²) < 4.78 is 0. The largest absolute Gasteiger partial charge is 0.396 e. The summed E-state index contributed by atoms with van der Waals surface area (Å²) in [5, 5.41) is 12.1. The number of nitrogens with one attached hydrogen (secondary N) is 1. The van der Waals surface area contributed by atoms with Crippen LogP contribution in [0.25, 0.3) is 0 Å². The highest BCUT2D eigenvalue weighted by Gasteiger charge is 2.29. The summed E-state index contributed by atoms with van der Waals surface area (Å²) in [5.41, 5.74) is 7.04. The zero-order valence-electron chi connectivity index (χ0n) is 12.1. The first kappa shape index (κ1) is 15.9. The lowest BCUT2D eigenvalue weighted by Crippen LogP contribution is -2.40. The lowest BCUT2D eigenvalue weighted by Gasteiger charge is -2.23. The third-order valence-electron chi connectivity index (χ3n) is 3.94. The molecule has 1 amide bonds. The van der Waals surface area contributed by atoms with Gasteiger partial charge in [0.1, 0.15) is 4.99 Å². The van der Waals surface area contributed by atoms with Crippen LogP contribution in [0.5, 0.6) is 0 Å². The van der Waals surface area contributed by atoms with Gasteiger partial charge in [-0.2, -0.15) is 0 Å². The van der Waals surface area contributed by atoms with E-state index >= 15 is 0 Å². The minimum atomic E-state index is -0.211. The fourth-order valence-electron chi connectivity index (χ4n) is 2.49. The van der Waals surface area contributed by atoms with Gasteiger partial charge in [-0.15, -0.1) is 0 Å². The Hall–Kier alpha value is -1.50. The van der Waals surface area contributed by atoms with Crippen molar-refractivity contribution in [1.29, 1.82) is 0 Å². The molecule has 21 heavy (non-hydrogen) atoms. The SMILES string of the molecule is CC(C(=O)Nc1ccc(C(N)=S)cc1)N1CCC(CO)C1. The minimum Gasteiger partial charge on any atom is -0.396 e. The lowest BCUT2D eigenvalue weighted by molar-refractivity contribution is -0.120. The lowest BCUT2D eigenvalue weighted by atomic mass is 10.1. The van der Waals surface area contributed by atoms with Crippen LogP contribution in [0.2, 0.25) is 0 Å². The number of anilines is 1. The number of nitrogens with two attached hydrogens (primary N) is 1. The topological polar surface area (TPSA) is 78.6 Å². The van der Waals surface area contributed by atoms with Crippen molar-refractivity contribution in [2.45, 2.75) is 19.4 Å². The summed E-state index contributed by atoms with van der Waals surface area (Å²) in [6, 6.07) is 6.96. The van der Waals surface area contributed by atoms with Gasteiger partial charge in [0, 0.05) is 24.4 Å². The number of rotatable bonds is 5. The van der Waals surface area contributed by atoms with Crippen LogP contribution in [-0.2, 0) is 4.79 Å². The number of carbonyl (C=O) groups excluding carboxylic acids is 1. The molecule has 6 heteroatoms. The van der Waals surface area contributed by atoms with E-state index in [4.69, 9.17) is 23.1 Å². The van der Waals surface area contributed by atoms with E-state index in [2.05, 4.69) is 10.2 Å². The van der Waals surface area contributed by atoms with Crippen molar-refractivity contribution >= 4 is 28.8 Å². The van der Waals surface area contributed by atoms with E-state index in [-0.39, 0.29) is 24.5 Å². The highest BCUT2D eigenvalue weighted by Crippen LogP contribution is 2.19. The van der Waals surface area contributed by atoms with E-state index < -0.39 is 0 Å². The quantitative estimate of drug-likeness (QED) is 0.706. The summed E-state index contributed by atoms with van der Waals surface area (Å²) in [4.78, 5) is 14.7. The number of hydrogen-bond donors (Lipinski definition) is 3. The van der Waals surface area contributed by atoms with E-state index in [0.717, 1.165) is 30.8 Å². The molecule has 0 bridgehead atoms. The van der Waals surface area contributed by atoms with Crippen LogP contribution in [0, 0.1) is 5.92 Å². The monoisotopic (exact) mass is 307 g/mol. The average Bonchev–Trinajstić information content (AvgIpc) is 2.95. The van der Waals surface area contributed by atoms with E-state index in [0.29, 0.717) is 4.99 Å². The van der Waals surface area contributed by atoms with Crippen molar-refractivity contribution in [2.24, 2.45) is 11.7 Å². The Labute approximate surface area is 130 Å². The van der Waals surface area contributed by atoms with Crippen LogP contribution in [0.4, 0.5) is 5.69 Å². The van der Waals surface area contributed by atoms with Gasteiger partial charge in [0.2, 0.25) is 5.91 Å². The molecule has 0 aliphatic carbocycles. The van der Waals surface area contributed by atoms with Gasteiger partial charge in [0.05, 0.1) is 6.04 Å². The number of nitrogens with zero attached hydrogens (tertiary/aromatic N) is 1. The van der Waals surface area contributed by atoms with Gasteiger partial charge in [-0.25, -0.2) is 0 Å². The highest BCUT2D eigenvalue weighted by molar-refractivity contribution is 7.80. The Kier molecular flexibility index (Phi) is 5.27. The first-order valence-electron chi connectivity index (χ1n) is 7.07. The van der Waals surface area contributed by atoms with E-state index in [9.17, 15) is 4.79 Å². The molecular formula is C15H21N3O2S. The van der Waals surface area contributed by atoms with Crippen molar-refractivity contribution in [3.63, 3.8) is 0 Å². The summed E-state index contributed by atoms with van der Waals surface area (Å²) in [7, 11) is 0. The molecule has 0 spiro atoms. The minimum absolute atomic E-state index is 0.0448. The molecule has 114 valence electrons. The number of likely N-dealkylation sites (tertiary alicyclic amines) is 1. The molecule has 1 fully saturated rings. The van der Waals surface area contributed by atoms with Crippen LogP contribution in [0.1, 0.15) is 18.9 Å². The molecule has 1 saturated heterocycles. The van der Waals surface area contributed by atoms with E-state index in [1.165, 1.54) is 0 Å². The Bertz CT molecular complexity index is 518. The standard InChI is InChI=1S/C15H21N3O2S/c1-10(18-7-6-11(8-18)9-19)15(20)17-13-4-2-12(3-5-13)14(16)21/h2-5,10-11,19H,6-9H2,1H3,(H2,16,21)(H,17,20). The second-order valence-electron chi connectivity index (χ2n) is 5.44. The highest BCUT2D eigenvalue weighted by atomic mass is 32.1. The molecule has 5 nitrogen and oxygen atoms in total. The Balaban J connectivity index is 1.93. The molecule has 2 rings (SSSR count). The van der Waals surface area contributed by atoms with Gasteiger partial charge in [-0.1, -0.05) is 12.2 Å². The molecule has 2 unspecified atom stereocenters. The third-order valence-corrected chi connectivity index (χ3v) is 4.18. The van der Waals surface area contributed by atoms with Crippen LogP contribution in [0.15, 0.2) is 24.3 Å². The Morgan fingerprint density at radius 2 is 2.19 bits per heavy atom. The average molecular weight is 307 g/mol. The number of carbonyl (C=O) groups is 1. The predicted octanol–water partition coefficient (Wildman–Crippen LogP) is 0.962. The Morgan fingerprint density at radius 1 is 1.52 bits per heavy atom. The second kappa shape index (κ2) is 6.98. The molecular weight excluding hydrogens is 286 g/mol. The van der Waals surface area contributed by atoms with Gasteiger partial charge in [0.25, 0.3) is 0 Å². The molecule has 1 heterocycles. The van der Waals surface area contributed by atoms with Crippen LogP contribution >= 0.6 is 12.2 Å². The Morgan fingerprint density at radius 3 is 2.71 bits per heavy atom. The third kappa shape index (κ3) is 4.00. The van der Waals surface area contributed by atoms with Gasteiger partial charge >= 0.3 is 0 Å². The van der Waals surface area contributed by atoms with Gasteiger partial charge in [-0.05, 0) is 50.1 Å². The van der Waals surface area contributed by atoms with Crippen LogP contribution < -0.4 is 11.1 Å². The van der Waals surface area contributed by atoms with E-state index in [1.54, 1.807) is 24.3 Å². The molecule has 2 atom stereocenters.